The molecule has 1 rings (SSSR count). The van der Waals surface area contributed by atoms with Gasteiger partial charge in [0.25, 0.3) is 0 Å². The molecule has 0 aliphatic carbocycles. The molecule has 90 valence electrons. The van der Waals surface area contributed by atoms with Crippen LogP contribution in [0.25, 0.3) is 0 Å². The Balaban J connectivity index is 2.09. The van der Waals surface area contributed by atoms with E-state index in [1.165, 1.54) is 5.56 Å². The molecule has 0 aliphatic heterocycles. The Morgan fingerprint density at radius 2 is 1.88 bits per heavy atom. The molecular weight excluding hydrogens is 200 g/mol. The number of methoxy groups -OCH3 is 1. The number of benzene rings is 1. The molecule has 1 atom stereocenters. The molecule has 1 unspecified atom stereocenters. The first-order valence-electron chi connectivity index (χ1n) is 5.82. The predicted molar refractivity (Wildman–Crippen MR) is 67.6 cm³/mol. The highest BCUT2D eigenvalue weighted by Gasteiger charge is 2.01. The first-order valence-corrected chi connectivity index (χ1v) is 5.82. The molecule has 0 saturated heterocycles. The normalized spacial score (nSPS) is 12.6. The minimum Gasteiger partial charge on any atom is -0.383 e. The molecule has 0 aliphatic rings. The minimum absolute atomic E-state index is 0.408. The molecule has 0 fully saturated rings. The van der Waals surface area contributed by atoms with Gasteiger partial charge in [0, 0.05) is 32.8 Å². The second-order valence-electron chi connectivity index (χ2n) is 3.83. The van der Waals surface area contributed by atoms with Crippen LogP contribution in [0.2, 0.25) is 0 Å². The first-order chi connectivity index (χ1) is 7.84. The Morgan fingerprint density at radius 3 is 2.56 bits per heavy atom. The summed E-state index contributed by atoms with van der Waals surface area (Å²) in [5.74, 6) is 0. The van der Waals surface area contributed by atoms with E-state index < -0.39 is 0 Å². The van der Waals surface area contributed by atoms with Crippen LogP contribution in [0.3, 0.4) is 0 Å². The van der Waals surface area contributed by atoms with Crippen LogP contribution in [0, 0.1) is 0 Å². The fourth-order valence-corrected chi connectivity index (χ4v) is 1.54. The fraction of sp³-hybridized carbons (Fsp3) is 0.538. The van der Waals surface area contributed by atoms with Crippen LogP contribution in [0.4, 0.5) is 0 Å². The monoisotopic (exact) mass is 222 g/mol. The van der Waals surface area contributed by atoms with Gasteiger partial charge in [-0.25, -0.2) is 0 Å². The Hall–Kier alpha value is -0.900. The molecule has 0 heterocycles. The van der Waals surface area contributed by atoms with Gasteiger partial charge in [0.2, 0.25) is 0 Å². The number of nitrogens with one attached hydrogen (secondary N) is 2. The van der Waals surface area contributed by atoms with Crippen molar-refractivity contribution in [2.24, 2.45) is 0 Å². The summed E-state index contributed by atoms with van der Waals surface area (Å²) in [6, 6.07) is 10.9. The topological polar surface area (TPSA) is 33.3 Å². The average molecular weight is 222 g/mol. The van der Waals surface area contributed by atoms with Gasteiger partial charge in [-0.2, -0.15) is 0 Å². The van der Waals surface area contributed by atoms with Crippen LogP contribution in [0.5, 0.6) is 0 Å². The van der Waals surface area contributed by atoms with E-state index in [0.29, 0.717) is 6.04 Å². The Kier molecular flexibility index (Phi) is 6.81. The van der Waals surface area contributed by atoms with E-state index in [2.05, 4.69) is 41.8 Å². The molecule has 16 heavy (non-hydrogen) atoms. The second-order valence-corrected chi connectivity index (χ2v) is 3.83. The maximum atomic E-state index is 4.96. The Morgan fingerprint density at radius 1 is 1.12 bits per heavy atom. The van der Waals surface area contributed by atoms with Crippen molar-refractivity contribution >= 4 is 0 Å². The van der Waals surface area contributed by atoms with E-state index in [0.717, 1.165) is 26.2 Å². The lowest BCUT2D eigenvalue weighted by atomic mass is 10.1. The van der Waals surface area contributed by atoms with Crippen LogP contribution in [0.15, 0.2) is 30.3 Å². The van der Waals surface area contributed by atoms with E-state index in [4.69, 9.17) is 4.74 Å². The van der Waals surface area contributed by atoms with E-state index in [9.17, 15) is 0 Å². The molecule has 0 spiro atoms. The van der Waals surface area contributed by atoms with Gasteiger partial charge in [-0.3, -0.25) is 0 Å². The van der Waals surface area contributed by atoms with Crippen molar-refractivity contribution in [3.8, 4) is 0 Å². The van der Waals surface area contributed by atoms with Gasteiger partial charge >= 0.3 is 0 Å². The third kappa shape index (κ3) is 5.26. The third-order valence-electron chi connectivity index (χ3n) is 2.53. The molecule has 3 heteroatoms. The quantitative estimate of drug-likeness (QED) is 0.655. The molecule has 1 aromatic rings. The molecule has 2 N–H and O–H groups in total. The summed E-state index contributed by atoms with van der Waals surface area (Å²) in [6.45, 7) is 5.82. The van der Waals surface area contributed by atoms with Crippen molar-refractivity contribution in [1.29, 1.82) is 0 Å². The number of hydrogen-bond donors (Lipinski definition) is 2. The highest BCUT2D eigenvalue weighted by atomic mass is 16.5. The van der Waals surface area contributed by atoms with Crippen molar-refractivity contribution in [1.82, 2.24) is 10.6 Å². The lowest BCUT2D eigenvalue weighted by molar-refractivity contribution is 0.199. The van der Waals surface area contributed by atoms with E-state index in [-0.39, 0.29) is 0 Å². The van der Waals surface area contributed by atoms with Crippen LogP contribution < -0.4 is 10.6 Å². The highest BCUT2D eigenvalue weighted by Crippen LogP contribution is 2.09. The third-order valence-corrected chi connectivity index (χ3v) is 2.53. The highest BCUT2D eigenvalue weighted by molar-refractivity contribution is 5.17. The first kappa shape index (κ1) is 13.2. The van der Waals surface area contributed by atoms with Crippen molar-refractivity contribution in [3.05, 3.63) is 35.9 Å². The van der Waals surface area contributed by atoms with Gasteiger partial charge in [0.15, 0.2) is 0 Å². The smallest absolute Gasteiger partial charge is 0.0587 e. The maximum absolute atomic E-state index is 4.96. The van der Waals surface area contributed by atoms with Crippen molar-refractivity contribution in [2.45, 2.75) is 13.0 Å². The summed E-state index contributed by atoms with van der Waals surface area (Å²) in [5.41, 5.74) is 1.33. The molecule has 1 aromatic carbocycles. The van der Waals surface area contributed by atoms with E-state index in [1.54, 1.807) is 7.11 Å². The van der Waals surface area contributed by atoms with Crippen LogP contribution in [-0.4, -0.2) is 33.4 Å². The maximum Gasteiger partial charge on any atom is 0.0587 e. The number of ether oxygens (including phenoxy) is 1. The summed E-state index contributed by atoms with van der Waals surface area (Å²) in [5, 5.41) is 6.78. The predicted octanol–water partition coefficient (Wildman–Crippen LogP) is 1.57. The zero-order valence-corrected chi connectivity index (χ0v) is 10.2. The standard InChI is InChI=1S/C13H22N2O/c1-12(13-6-4-3-5-7-13)15-9-8-14-10-11-16-2/h3-7,12,14-15H,8-11H2,1-2H3. The molecule has 0 aromatic heterocycles. The largest absolute Gasteiger partial charge is 0.383 e. The van der Waals surface area contributed by atoms with Crippen LogP contribution >= 0.6 is 0 Å². The van der Waals surface area contributed by atoms with Crippen LogP contribution in [-0.2, 0) is 4.74 Å². The van der Waals surface area contributed by atoms with Gasteiger partial charge in [-0.05, 0) is 12.5 Å². The second kappa shape index (κ2) is 8.28. The lowest BCUT2D eigenvalue weighted by Gasteiger charge is -2.14. The molecular formula is C13H22N2O. The number of rotatable bonds is 8. The Labute approximate surface area is 98.2 Å². The number of hydrogen-bond acceptors (Lipinski definition) is 3. The fourth-order valence-electron chi connectivity index (χ4n) is 1.54. The van der Waals surface area contributed by atoms with E-state index >= 15 is 0 Å². The van der Waals surface area contributed by atoms with Gasteiger partial charge in [-0.15, -0.1) is 0 Å². The zero-order chi connectivity index (χ0) is 11.6. The van der Waals surface area contributed by atoms with Crippen molar-refractivity contribution in [3.63, 3.8) is 0 Å². The molecule has 0 saturated carbocycles. The van der Waals surface area contributed by atoms with Crippen molar-refractivity contribution < 1.29 is 4.74 Å². The summed E-state index contributed by atoms with van der Waals surface area (Å²) in [6.07, 6.45) is 0. The summed E-state index contributed by atoms with van der Waals surface area (Å²) in [4.78, 5) is 0. The van der Waals surface area contributed by atoms with Gasteiger partial charge < -0.3 is 15.4 Å². The van der Waals surface area contributed by atoms with Gasteiger partial charge in [-0.1, -0.05) is 30.3 Å². The average Bonchev–Trinajstić information content (AvgIpc) is 2.34. The van der Waals surface area contributed by atoms with Gasteiger partial charge in [0.1, 0.15) is 0 Å². The van der Waals surface area contributed by atoms with Crippen LogP contribution in [0.1, 0.15) is 18.5 Å². The minimum atomic E-state index is 0.408. The molecule has 0 bridgehead atoms. The summed E-state index contributed by atoms with van der Waals surface area (Å²) >= 11 is 0. The van der Waals surface area contributed by atoms with Gasteiger partial charge in [0.05, 0.1) is 6.61 Å². The lowest BCUT2D eigenvalue weighted by Crippen LogP contribution is -2.30. The molecule has 0 radical (unpaired) electrons. The van der Waals surface area contributed by atoms with E-state index in [1.807, 2.05) is 6.07 Å². The zero-order valence-electron chi connectivity index (χ0n) is 10.2. The summed E-state index contributed by atoms with van der Waals surface area (Å²) < 4.78 is 4.96. The van der Waals surface area contributed by atoms with Crippen molar-refractivity contribution in [2.75, 3.05) is 33.4 Å². The Bertz CT molecular complexity index is 264. The SMILES string of the molecule is COCCNCCNC(C)c1ccccc1. The molecule has 0 amide bonds. The molecule has 3 nitrogen and oxygen atoms in total. The summed E-state index contributed by atoms with van der Waals surface area (Å²) in [7, 11) is 1.72.